The molecule has 1 amide bonds. The lowest BCUT2D eigenvalue weighted by Gasteiger charge is -2.44. The minimum absolute atomic E-state index is 0.0600. The highest BCUT2D eigenvalue weighted by molar-refractivity contribution is 6.32. The summed E-state index contributed by atoms with van der Waals surface area (Å²) in [7, 11) is 0. The number of benzene rings is 1. The van der Waals surface area contributed by atoms with Gasteiger partial charge in [0, 0.05) is 24.2 Å². The molecule has 1 aliphatic heterocycles. The summed E-state index contributed by atoms with van der Waals surface area (Å²) in [6, 6.07) is 9.09. The first kappa shape index (κ1) is 20.9. The predicted molar refractivity (Wildman–Crippen MR) is 112 cm³/mol. The topological polar surface area (TPSA) is 102 Å². The number of piperidine rings is 1. The average Bonchev–Trinajstić information content (AvgIpc) is 2.68. The summed E-state index contributed by atoms with van der Waals surface area (Å²) in [5, 5.41) is 22.3. The molecule has 0 spiro atoms. The van der Waals surface area contributed by atoms with Crippen molar-refractivity contribution in [3.8, 4) is 17.3 Å². The second-order valence-electron chi connectivity index (χ2n) is 8.30. The Morgan fingerprint density at radius 1 is 1.34 bits per heavy atom. The second kappa shape index (κ2) is 8.26. The molecule has 1 aromatic carbocycles. The van der Waals surface area contributed by atoms with Crippen molar-refractivity contribution in [3.63, 3.8) is 0 Å². The lowest BCUT2D eigenvalue weighted by Crippen LogP contribution is -2.54. The zero-order valence-corrected chi connectivity index (χ0v) is 17.4. The van der Waals surface area contributed by atoms with Crippen LogP contribution in [0, 0.1) is 16.7 Å². The van der Waals surface area contributed by atoms with Gasteiger partial charge in [-0.15, -0.1) is 0 Å². The SMILES string of the molecule is CC(C)(C)C1CC(Nc2ncc(Cl)c(-c3ccc(C#N)cc3)n2)CCN1C(=O)O. The van der Waals surface area contributed by atoms with E-state index in [1.807, 2.05) is 0 Å². The van der Waals surface area contributed by atoms with Gasteiger partial charge in [0.05, 0.1) is 28.5 Å². The molecule has 0 saturated carbocycles. The number of rotatable bonds is 3. The van der Waals surface area contributed by atoms with Gasteiger partial charge >= 0.3 is 6.09 Å². The number of anilines is 1. The number of nitrogens with zero attached hydrogens (tertiary/aromatic N) is 4. The predicted octanol–water partition coefficient (Wildman–Crippen LogP) is 4.64. The highest BCUT2D eigenvalue weighted by atomic mass is 35.5. The zero-order chi connectivity index (χ0) is 21.2. The Labute approximate surface area is 175 Å². The number of carbonyl (C=O) groups is 1. The van der Waals surface area contributed by atoms with E-state index in [4.69, 9.17) is 16.9 Å². The van der Waals surface area contributed by atoms with Crippen molar-refractivity contribution in [1.29, 1.82) is 5.26 Å². The lowest BCUT2D eigenvalue weighted by molar-refractivity contribution is 0.0557. The van der Waals surface area contributed by atoms with Gasteiger partial charge in [0.25, 0.3) is 0 Å². The molecule has 8 heteroatoms. The molecule has 152 valence electrons. The molecular formula is C21H24ClN5O2. The van der Waals surface area contributed by atoms with Crippen LogP contribution in [0.3, 0.4) is 0 Å². The zero-order valence-electron chi connectivity index (χ0n) is 16.7. The van der Waals surface area contributed by atoms with Crippen LogP contribution < -0.4 is 5.32 Å². The normalized spacial score (nSPS) is 19.5. The van der Waals surface area contributed by atoms with Gasteiger partial charge in [0.2, 0.25) is 5.95 Å². The van der Waals surface area contributed by atoms with Crippen molar-refractivity contribution < 1.29 is 9.90 Å². The van der Waals surface area contributed by atoms with Crippen molar-refractivity contribution in [3.05, 3.63) is 41.0 Å². The quantitative estimate of drug-likeness (QED) is 0.759. The van der Waals surface area contributed by atoms with Gasteiger partial charge in [-0.3, -0.25) is 0 Å². The highest BCUT2D eigenvalue weighted by Crippen LogP contribution is 2.33. The van der Waals surface area contributed by atoms with Gasteiger partial charge in [-0.05, 0) is 30.4 Å². The van der Waals surface area contributed by atoms with Gasteiger partial charge in [0.15, 0.2) is 0 Å². The van der Waals surface area contributed by atoms with E-state index < -0.39 is 6.09 Å². The van der Waals surface area contributed by atoms with E-state index in [0.29, 0.717) is 41.6 Å². The Morgan fingerprint density at radius 2 is 2.03 bits per heavy atom. The van der Waals surface area contributed by atoms with E-state index in [9.17, 15) is 9.90 Å². The molecule has 1 aromatic heterocycles. The Balaban J connectivity index is 1.80. The molecule has 3 rings (SSSR count). The van der Waals surface area contributed by atoms with Gasteiger partial charge in [-0.25, -0.2) is 14.8 Å². The molecule has 2 N–H and O–H groups in total. The Bertz CT molecular complexity index is 934. The van der Waals surface area contributed by atoms with E-state index in [1.54, 1.807) is 30.5 Å². The third kappa shape index (κ3) is 4.77. The van der Waals surface area contributed by atoms with Gasteiger partial charge in [-0.2, -0.15) is 5.26 Å². The van der Waals surface area contributed by atoms with Crippen LogP contribution in [0.15, 0.2) is 30.5 Å². The van der Waals surface area contributed by atoms with E-state index >= 15 is 0 Å². The fraction of sp³-hybridized carbons (Fsp3) is 0.429. The molecule has 0 radical (unpaired) electrons. The summed E-state index contributed by atoms with van der Waals surface area (Å²) < 4.78 is 0. The number of likely N-dealkylation sites (tertiary alicyclic amines) is 1. The third-order valence-electron chi connectivity index (χ3n) is 5.21. The van der Waals surface area contributed by atoms with Crippen LogP contribution in [0.1, 0.15) is 39.2 Å². The van der Waals surface area contributed by atoms with Crippen LogP contribution in [-0.4, -0.2) is 44.7 Å². The number of hydrogen-bond acceptors (Lipinski definition) is 5. The maximum absolute atomic E-state index is 11.6. The molecule has 29 heavy (non-hydrogen) atoms. The summed E-state index contributed by atoms with van der Waals surface area (Å²) in [6.07, 6.45) is 2.03. The van der Waals surface area contributed by atoms with E-state index in [2.05, 4.69) is 42.1 Å². The lowest BCUT2D eigenvalue weighted by atomic mass is 9.79. The van der Waals surface area contributed by atoms with Gasteiger partial charge in [0.1, 0.15) is 0 Å². The first-order valence-corrected chi connectivity index (χ1v) is 9.86. The number of carboxylic acid groups (broad SMARTS) is 1. The maximum Gasteiger partial charge on any atom is 0.407 e. The summed E-state index contributed by atoms with van der Waals surface area (Å²) >= 11 is 6.29. The molecule has 1 aliphatic rings. The monoisotopic (exact) mass is 413 g/mol. The molecule has 2 heterocycles. The average molecular weight is 414 g/mol. The number of nitrogens with one attached hydrogen (secondary N) is 1. The standard InChI is InChI=1S/C21H24ClN5O2/c1-21(2,3)17-10-15(8-9-27(17)20(28)29)25-19-24-12-16(22)18(26-19)14-6-4-13(11-23)5-7-14/h4-7,12,15,17H,8-10H2,1-3H3,(H,28,29)(H,24,25,26). The van der Waals surface area contributed by atoms with Gasteiger partial charge < -0.3 is 15.3 Å². The molecular weight excluding hydrogens is 390 g/mol. The first-order valence-electron chi connectivity index (χ1n) is 9.48. The van der Waals surface area contributed by atoms with E-state index in [-0.39, 0.29) is 17.5 Å². The fourth-order valence-electron chi connectivity index (χ4n) is 3.67. The van der Waals surface area contributed by atoms with Crippen molar-refractivity contribution in [2.24, 2.45) is 5.41 Å². The van der Waals surface area contributed by atoms with Crippen LogP contribution in [0.2, 0.25) is 5.02 Å². The first-order chi connectivity index (χ1) is 13.7. The Hall–Kier alpha value is -2.85. The molecule has 1 saturated heterocycles. The molecule has 2 aromatic rings. The number of hydrogen-bond donors (Lipinski definition) is 2. The molecule has 7 nitrogen and oxygen atoms in total. The van der Waals surface area contributed by atoms with Crippen LogP contribution in [-0.2, 0) is 0 Å². The fourth-order valence-corrected chi connectivity index (χ4v) is 3.87. The van der Waals surface area contributed by atoms with Crippen molar-refractivity contribution >= 4 is 23.6 Å². The van der Waals surface area contributed by atoms with Crippen molar-refractivity contribution in [2.75, 3.05) is 11.9 Å². The third-order valence-corrected chi connectivity index (χ3v) is 5.49. The number of nitriles is 1. The van der Waals surface area contributed by atoms with Crippen LogP contribution in [0.5, 0.6) is 0 Å². The largest absolute Gasteiger partial charge is 0.465 e. The molecule has 1 fully saturated rings. The summed E-state index contributed by atoms with van der Waals surface area (Å²) in [4.78, 5) is 22.0. The summed E-state index contributed by atoms with van der Waals surface area (Å²) in [5.41, 5.74) is 1.78. The smallest absolute Gasteiger partial charge is 0.407 e. The Morgan fingerprint density at radius 3 is 2.62 bits per heavy atom. The minimum atomic E-state index is -0.880. The second-order valence-corrected chi connectivity index (χ2v) is 8.71. The van der Waals surface area contributed by atoms with Gasteiger partial charge in [-0.1, -0.05) is 44.5 Å². The molecule has 0 aliphatic carbocycles. The molecule has 0 bridgehead atoms. The van der Waals surface area contributed by atoms with Crippen LogP contribution in [0.25, 0.3) is 11.3 Å². The summed E-state index contributed by atoms with van der Waals surface area (Å²) in [5.74, 6) is 0.454. The Kier molecular flexibility index (Phi) is 5.94. The summed E-state index contributed by atoms with van der Waals surface area (Å²) in [6.45, 7) is 6.62. The minimum Gasteiger partial charge on any atom is -0.465 e. The van der Waals surface area contributed by atoms with Crippen LogP contribution in [0.4, 0.5) is 10.7 Å². The number of halogens is 1. The highest BCUT2D eigenvalue weighted by Gasteiger charge is 2.38. The maximum atomic E-state index is 11.6. The molecule has 2 atom stereocenters. The molecule has 2 unspecified atom stereocenters. The number of amides is 1. The van der Waals surface area contributed by atoms with Crippen molar-refractivity contribution in [2.45, 2.75) is 45.7 Å². The van der Waals surface area contributed by atoms with E-state index in [1.165, 1.54) is 4.90 Å². The van der Waals surface area contributed by atoms with Crippen molar-refractivity contribution in [1.82, 2.24) is 14.9 Å². The van der Waals surface area contributed by atoms with E-state index in [0.717, 1.165) is 5.56 Å². The number of aromatic nitrogens is 2. The van der Waals surface area contributed by atoms with Crippen LogP contribution >= 0.6 is 11.6 Å².